The normalized spacial score (nSPS) is 19.4. The maximum atomic E-state index is 4.74. The Hall–Kier alpha value is -0.790. The number of aromatic amines is 1. The van der Waals surface area contributed by atoms with Crippen molar-refractivity contribution in [3.05, 3.63) is 24.1 Å². The summed E-state index contributed by atoms with van der Waals surface area (Å²) in [5, 5.41) is 0. The van der Waals surface area contributed by atoms with E-state index < -0.39 is 0 Å². The zero-order chi connectivity index (χ0) is 10.9. The first-order chi connectivity index (χ1) is 7.07. The van der Waals surface area contributed by atoms with Gasteiger partial charge < -0.3 is 4.98 Å². The van der Waals surface area contributed by atoms with E-state index in [1.165, 1.54) is 37.2 Å². The van der Waals surface area contributed by atoms with Gasteiger partial charge in [-0.3, -0.25) is 0 Å². The highest BCUT2D eigenvalue weighted by atomic mass is 14.9. The predicted molar refractivity (Wildman–Crippen MR) is 62.8 cm³/mol. The van der Waals surface area contributed by atoms with Crippen LogP contribution in [0.5, 0.6) is 0 Å². The van der Waals surface area contributed by atoms with Gasteiger partial charge >= 0.3 is 0 Å². The maximum absolute atomic E-state index is 4.74. The number of nitrogens with one attached hydrogen (secondary N) is 1. The summed E-state index contributed by atoms with van der Waals surface area (Å²) in [6.45, 7) is 6.63. The van der Waals surface area contributed by atoms with Crippen molar-refractivity contribution in [2.24, 2.45) is 0 Å². The molecule has 1 aromatic rings. The van der Waals surface area contributed by atoms with Crippen LogP contribution in [0.3, 0.4) is 0 Å². The Bertz CT molecular complexity index is 314. The van der Waals surface area contributed by atoms with E-state index in [4.69, 9.17) is 4.98 Å². The monoisotopic (exact) mass is 205 g/mol. The van der Waals surface area contributed by atoms with Gasteiger partial charge in [0.25, 0.3) is 0 Å². The maximum Gasteiger partial charge on any atom is 0.109 e. The van der Waals surface area contributed by atoms with Gasteiger partial charge in [0.1, 0.15) is 5.82 Å². The van der Waals surface area contributed by atoms with Gasteiger partial charge in [0.15, 0.2) is 0 Å². The lowest BCUT2D eigenvalue weighted by Crippen LogP contribution is -2.12. The Morgan fingerprint density at radius 1 is 1.27 bits per heavy atom. The van der Waals surface area contributed by atoms with Crippen molar-refractivity contribution >= 4 is 0 Å². The van der Waals surface area contributed by atoms with Crippen molar-refractivity contribution in [3.63, 3.8) is 0 Å². The zero-order valence-corrected chi connectivity index (χ0v) is 10.0. The summed E-state index contributed by atoms with van der Waals surface area (Å²) in [5.41, 5.74) is 1.35. The predicted octanol–water partition coefficient (Wildman–Crippen LogP) is 3.57. The summed E-state index contributed by atoms with van der Waals surface area (Å²) >= 11 is 0. The van der Waals surface area contributed by atoms with E-state index in [0.717, 1.165) is 0 Å². The van der Waals surface area contributed by atoms with Gasteiger partial charge in [-0.05, 0) is 32.1 Å². The molecule has 0 aliphatic heterocycles. The van der Waals surface area contributed by atoms with E-state index in [1.807, 2.05) is 0 Å². The van der Waals surface area contributed by atoms with Crippen LogP contribution in [-0.2, 0) is 5.41 Å². The quantitative estimate of drug-likeness (QED) is 0.746. The van der Waals surface area contributed by atoms with Crippen LogP contribution in [-0.4, -0.2) is 9.97 Å². The van der Waals surface area contributed by atoms with Crippen LogP contribution in [0.1, 0.15) is 63.9 Å². The number of nitrogens with zero attached hydrogens (tertiary/aromatic N) is 1. The van der Waals surface area contributed by atoms with Gasteiger partial charge in [-0.2, -0.15) is 0 Å². The van der Waals surface area contributed by atoms with E-state index in [1.54, 1.807) is 0 Å². The van der Waals surface area contributed by atoms with Crippen LogP contribution >= 0.6 is 0 Å². The second-order valence-electron chi connectivity index (χ2n) is 5.56. The van der Waals surface area contributed by atoms with Gasteiger partial charge in [-0.25, -0.2) is 4.98 Å². The van der Waals surface area contributed by atoms with E-state index in [9.17, 15) is 0 Å². The van der Waals surface area contributed by atoms with Crippen LogP contribution in [0.2, 0.25) is 0 Å². The minimum atomic E-state index is 0.162. The molecule has 1 fully saturated rings. The fraction of sp³-hybridized carbons (Fsp3) is 0.692. The lowest BCUT2D eigenvalue weighted by molar-refractivity contribution is 0.489. The van der Waals surface area contributed by atoms with E-state index in [0.29, 0.717) is 5.92 Å². The van der Waals surface area contributed by atoms with Gasteiger partial charge in [-0.1, -0.05) is 20.8 Å². The fourth-order valence-corrected chi connectivity index (χ4v) is 2.13. The average Bonchev–Trinajstić information content (AvgIpc) is 2.67. The highest BCUT2D eigenvalue weighted by Crippen LogP contribution is 2.31. The molecule has 1 radical (unpaired) electrons. The molecule has 83 valence electrons. The third-order valence-electron chi connectivity index (χ3n) is 3.19. The summed E-state index contributed by atoms with van der Waals surface area (Å²) in [4.78, 5) is 8.09. The first-order valence-corrected chi connectivity index (χ1v) is 5.95. The summed E-state index contributed by atoms with van der Waals surface area (Å²) in [6.07, 6.45) is 9.48. The number of rotatable bonds is 1. The molecule has 2 heteroatoms. The number of aromatic nitrogens is 2. The molecule has 1 aliphatic carbocycles. The number of H-pyrrole nitrogens is 1. The Kier molecular flexibility index (Phi) is 2.85. The number of imidazole rings is 1. The van der Waals surface area contributed by atoms with Crippen molar-refractivity contribution in [1.29, 1.82) is 0 Å². The van der Waals surface area contributed by atoms with Gasteiger partial charge in [-0.15, -0.1) is 0 Å². The van der Waals surface area contributed by atoms with Crippen molar-refractivity contribution < 1.29 is 0 Å². The molecule has 15 heavy (non-hydrogen) atoms. The first kappa shape index (κ1) is 10.7. The second kappa shape index (κ2) is 3.99. The highest BCUT2D eigenvalue weighted by Gasteiger charge is 2.22. The van der Waals surface area contributed by atoms with Crippen LogP contribution < -0.4 is 0 Å². The van der Waals surface area contributed by atoms with Crippen LogP contribution in [0, 0.1) is 6.42 Å². The molecule has 1 saturated carbocycles. The second-order valence-corrected chi connectivity index (χ2v) is 5.56. The Labute approximate surface area is 92.5 Å². The smallest absolute Gasteiger partial charge is 0.109 e. The molecule has 1 aliphatic rings. The molecule has 0 atom stereocenters. The third kappa shape index (κ3) is 2.42. The van der Waals surface area contributed by atoms with E-state index in [-0.39, 0.29) is 5.41 Å². The van der Waals surface area contributed by atoms with Crippen LogP contribution in [0.15, 0.2) is 6.20 Å². The van der Waals surface area contributed by atoms with Crippen molar-refractivity contribution in [2.75, 3.05) is 0 Å². The SMILES string of the molecule is CC(C)(C)c1c[nH]c(C2CC[CH]CC2)n1. The molecule has 0 aromatic carbocycles. The van der Waals surface area contributed by atoms with E-state index >= 15 is 0 Å². The molecule has 2 nitrogen and oxygen atoms in total. The largest absolute Gasteiger partial charge is 0.348 e. The fourth-order valence-electron chi connectivity index (χ4n) is 2.13. The topological polar surface area (TPSA) is 28.7 Å². The molecule has 2 rings (SSSR count). The molecule has 0 saturated heterocycles. The van der Waals surface area contributed by atoms with Crippen LogP contribution in [0.4, 0.5) is 0 Å². The van der Waals surface area contributed by atoms with Crippen molar-refractivity contribution in [3.8, 4) is 0 Å². The average molecular weight is 205 g/mol. The highest BCUT2D eigenvalue weighted by molar-refractivity contribution is 5.14. The molecule has 0 spiro atoms. The van der Waals surface area contributed by atoms with E-state index in [2.05, 4.69) is 38.4 Å². The lowest BCUT2D eigenvalue weighted by Gasteiger charge is -2.19. The molecule has 1 N–H and O–H groups in total. The lowest BCUT2D eigenvalue weighted by atomic mass is 9.88. The minimum Gasteiger partial charge on any atom is -0.348 e. The minimum absolute atomic E-state index is 0.162. The molecule has 0 unspecified atom stereocenters. The third-order valence-corrected chi connectivity index (χ3v) is 3.19. The Morgan fingerprint density at radius 3 is 2.47 bits per heavy atom. The Balaban J connectivity index is 2.12. The molecular weight excluding hydrogens is 184 g/mol. The standard InChI is InChI=1S/C13H21N2/c1-13(2,3)11-9-14-12(15-11)10-7-5-4-6-8-10/h4,9-10H,5-8H2,1-3H3,(H,14,15). The molecule has 1 aromatic heterocycles. The number of hydrogen-bond acceptors (Lipinski definition) is 1. The summed E-state index contributed by atoms with van der Waals surface area (Å²) in [7, 11) is 0. The zero-order valence-electron chi connectivity index (χ0n) is 10.0. The first-order valence-electron chi connectivity index (χ1n) is 5.95. The summed E-state index contributed by atoms with van der Waals surface area (Å²) in [5.74, 6) is 1.86. The molecular formula is C13H21N2. The molecule has 1 heterocycles. The van der Waals surface area contributed by atoms with Crippen LogP contribution in [0.25, 0.3) is 0 Å². The van der Waals surface area contributed by atoms with Gasteiger partial charge in [0.2, 0.25) is 0 Å². The van der Waals surface area contributed by atoms with Crippen molar-refractivity contribution in [1.82, 2.24) is 9.97 Å². The summed E-state index contributed by atoms with van der Waals surface area (Å²) < 4.78 is 0. The number of hydrogen-bond donors (Lipinski definition) is 1. The molecule has 0 amide bonds. The van der Waals surface area contributed by atoms with Gasteiger partial charge in [0.05, 0.1) is 5.69 Å². The summed E-state index contributed by atoms with van der Waals surface area (Å²) in [6, 6.07) is 0. The van der Waals surface area contributed by atoms with Crippen molar-refractivity contribution in [2.45, 2.75) is 57.8 Å². The molecule has 0 bridgehead atoms. The Morgan fingerprint density at radius 2 is 1.93 bits per heavy atom. The van der Waals surface area contributed by atoms with Gasteiger partial charge in [0, 0.05) is 17.5 Å².